The molecule has 172 valence electrons. The van der Waals surface area contributed by atoms with Crippen LogP contribution in [-0.2, 0) is 20.7 Å². The number of aliphatic carboxylic acids is 1. The molecule has 1 amide bonds. The molecule has 3 aromatic rings. The van der Waals surface area contributed by atoms with Gasteiger partial charge in [0.05, 0.1) is 6.42 Å². The normalized spacial score (nSPS) is 11.6. The van der Waals surface area contributed by atoms with Gasteiger partial charge >= 0.3 is 12.1 Å². The van der Waals surface area contributed by atoms with Gasteiger partial charge in [-0.15, -0.1) is 0 Å². The maximum atomic E-state index is 12.5. The number of aryl methyl sites for hydroxylation is 1. The second-order valence-electron chi connectivity index (χ2n) is 7.47. The van der Waals surface area contributed by atoms with Gasteiger partial charge in [0.25, 0.3) is 0 Å². The Labute approximate surface area is 195 Å². The first-order valence-electron chi connectivity index (χ1n) is 10.3. The van der Waals surface area contributed by atoms with Crippen molar-refractivity contribution in [2.24, 2.45) is 0 Å². The van der Waals surface area contributed by atoms with E-state index in [1.807, 2.05) is 6.07 Å². The van der Waals surface area contributed by atoms with E-state index >= 15 is 0 Å². The van der Waals surface area contributed by atoms with Crippen LogP contribution in [-0.4, -0.2) is 28.1 Å². The molecular weight excluding hydrogens is 448 g/mol. The van der Waals surface area contributed by atoms with Crippen molar-refractivity contribution in [3.8, 4) is 11.3 Å². The van der Waals surface area contributed by atoms with E-state index in [1.165, 1.54) is 0 Å². The van der Waals surface area contributed by atoms with Crippen LogP contribution in [0.15, 0.2) is 53.1 Å². The number of anilines is 1. The lowest BCUT2D eigenvalue weighted by molar-refractivity contribution is -0.138. The molecule has 0 aliphatic rings. The van der Waals surface area contributed by atoms with Gasteiger partial charge in [-0.05, 0) is 25.5 Å². The number of Topliss-reactive ketones (excluding diaryl/α,β-unsaturated/α-hetero) is 1. The fourth-order valence-electron chi connectivity index (χ4n) is 3.21. The highest BCUT2D eigenvalue weighted by atomic mass is 35.5. The van der Waals surface area contributed by atoms with Crippen LogP contribution < -0.4 is 5.32 Å². The monoisotopic (exact) mass is 470 g/mol. The molecule has 1 aromatic heterocycles. The number of hydrogen-bond donors (Lipinski definition) is 2. The van der Waals surface area contributed by atoms with Gasteiger partial charge < -0.3 is 14.4 Å². The molecule has 8 nitrogen and oxygen atoms in total. The number of halogens is 1. The Hall–Kier alpha value is -3.65. The Morgan fingerprint density at radius 3 is 2.48 bits per heavy atom. The topological polar surface area (TPSA) is 119 Å². The largest absolute Gasteiger partial charge is 0.481 e. The minimum atomic E-state index is -1.00. The fourth-order valence-corrected chi connectivity index (χ4v) is 3.50. The maximum Gasteiger partial charge on any atom is 0.412 e. The number of ketones is 1. The number of nitrogens with zero attached hydrogens (tertiary/aromatic N) is 1. The van der Waals surface area contributed by atoms with E-state index in [0.29, 0.717) is 33.3 Å². The van der Waals surface area contributed by atoms with Crippen molar-refractivity contribution >= 4 is 35.1 Å². The minimum Gasteiger partial charge on any atom is -0.481 e. The molecule has 0 saturated carbocycles. The molecule has 2 N–H and O–H groups in total. The number of carboxylic acids is 1. The summed E-state index contributed by atoms with van der Waals surface area (Å²) in [7, 11) is 0. The summed E-state index contributed by atoms with van der Waals surface area (Å²) >= 11 is 6.17. The van der Waals surface area contributed by atoms with Crippen LogP contribution in [0.3, 0.4) is 0 Å². The van der Waals surface area contributed by atoms with Gasteiger partial charge in [0.1, 0.15) is 23.3 Å². The minimum absolute atomic E-state index is 0.0127. The van der Waals surface area contributed by atoms with Crippen LogP contribution in [0.5, 0.6) is 0 Å². The Bertz CT molecular complexity index is 1160. The second kappa shape index (κ2) is 10.8. The van der Waals surface area contributed by atoms with Gasteiger partial charge in [-0.1, -0.05) is 59.2 Å². The summed E-state index contributed by atoms with van der Waals surface area (Å²) in [6, 6.07) is 14.1. The third-order valence-corrected chi connectivity index (χ3v) is 5.30. The van der Waals surface area contributed by atoms with Crippen LogP contribution >= 0.6 is 11.6 Å². The maximum absolute atomic E-state index is 12.5. The van der Waals surface area contributed by atoms with Crippen LogP contribution in [0.1, 0.15) is 42.7 Å². The first-order chi connectivity index (χ1) is 15.7. The number of rotatable bonds is 9. The van der Waals surface area contributed by atoms with E-state index in [-0.39, 0.29) is 25.0 Å². The molecule has 1 atom stereocenters. The predicted molar refractivity (Wildman–Crippen MR) is 122 cm³/mol. The quantitative estimate of drug-likeness (QED) is 0.418. The Kier molecular flexibility index (Phi) is 7.84. The molecule has 0 saturated heterocycles. The standard InChI is InChI=1S/C24H23ClN2O6/c1-14-22(26-24(31)32-15(2)19-5-3-4-6-20(19)25)23(33-27-14)17-9-7-16(8-10-17)13-18(28)11-12-21(29)30/h3-10,15H,11-13H2,1-2H3,(H,26,31)(H,29,30). The highest BCUT2D eigenvalue weighted by Crippen LogP contribution is 2.32. The Morgan fingerprint density at radius 2 is 1.82 bits per heavy atom. The summed E-state index contributed by atoms with van der Waals surface area (Å²) in [4.78, 5) is 35.0. The summed E-state index contributed by atoms with van der Waals surface area (Å²) in [5, 5.41) is 15.8. The van der Waals surface area contributed by atoms with Crippen LogP contribution in [0, 0.1) is 6.92 Å². The summed E-state index contributed by atoms with van der Waals surface area (Å²) in [6.45, 7) is 3.41. The van der Waals surface area contributed by atoms with E-state index in [4.69, 9.17) is 26.0 Å². The number of hydrogen-bond acceptors (Lipinski definition) is 6. The summed E-state index contributed by atoms with van der Waals surface area (Å²) in [6.07, 6.45) is -1.31. The highest BCUT2D eigenvalue weighted by Gasteiger charge is 2.20. The molecule has 2 aromatic carbocycles. The third kappa shape index (κ3) is 6.43. The number of carboxylic acid groups (broad SMARTS) is 1. The predicted octanol–water partition coefficient (Wildman–Crippen LogP) is 5.59. The molecule has 1 unspecified atom stereocenters. The number of aromatic nitrogens is 1. The summed E-state index contributed by atoms with van der Waals surface area (Å²) < 4.78 is 10.9. The summed E-state index contributed by atoms with van der Waals surface area (Å²) in [5.41, 5.74) is 2.92. The Morgan fingerprint density at radius 1 is 1.12 bits per heavy atom. The molecule has 0 aliphatic carbocycles. The summed E-state index contributed by atoms with van der Waals surface area (Å²) in [5.74, 6) is -0.809. The third-order valence-electron chi connectivity index (χ3n) is 4.95. The van der Waals surface area contributed by atoms with Crippen molar-refractivity contribution in [2.45, 2.75) is 39.2 Å². The van der Waals surface area contributed by atoms with E-state index in [9.17, 15) is 14.4 Å². The molecule has 0 aliphatic heterocycles. The zero-order valence-electron chi connectivity index (χ0n) is 18.1. The van der Waals surface area contributed by atoms with Gasteiger partial charge in [-0.3, -0.25) is 14.9 Å². The van der Waals surface area contributed by atoms with Crippen molar-refractivity contribution in [1.82, 2.24) is 5.16 Å². The number of benzene rings is 2. The van der Waals surface area contributed by atoms with Crippen LogP contribution in [0.2, 0.25) is 5.02 Å². The molecular formula is C24H23ClN2O6. The average Bonchev–Trinajstić information content (AvgIpc) is 3.13. The first kappa shape index (κ1) is 24.0. The molecule has 0 radical (unpaired) electrons. The van der Waals surface area contributed by atoms with Gasteiger partial charge in [-0.2, -0.15) is 0 Å². The van der Waals surface area contributed by atoms with E-state index < -0.39 is 18.2 Å². The van der Waals surface area contributed by atoms with E-state index in [2.05, 4.69) is 10.5 Å². The zero-order chi connectivity index (χ0) is 24.0. The van der Waals surface area contributed by atoms with Crippen molar-refractivity contribution in [3.63, 3.8) is 0 Å². The van der Waals surface area contributed by atoms with Gasteiger partial charge in [0.15, 0.2) is 5.76 Å². The first-order valence-corrected chi connectivity index (χ1v) is 10.6. The van der Waals surface area contributed by atoms with Crippen LogP contribution in [0.25, 0.3) is 11.3 Å². The zero-order valence-corrected chi connectivity index (χ0v) is 18.9. The van der Waals surface area contributed by atoms with Crippen molar-refractivity contribution in [1.29, 1.82) is 0 Å². The van der Waals surface area contributed by atoms with Gasteiger partial charge in [0, 0.05) is 29.0 Å². The van der Waals surface area contributed by atoms with E-state index in [1.54, 1.807) is 56.3 Å². The average molecular weight is 471 g/mol. The lowest BCUT2D eigenvalue weighted by Gasteiger charge is -2.15. The lowest BCUT2D eigenvalue weighted by Crippen LogP contribution is -2.17. The molecule has 0 spiro atoms. The molecule has 33 heavy (non-hydrogen) atoms. The van der Waals surface area contributed by atoms with Crippen molar-refractivity contribution in [3.05, 3.63) is 70.4 Å². The smallest absolute Gasteiger partial charge is 0.412 e. The second-order valence-corrected chi connectivity index (χ2v) is 7.88. The van der Waals surface area contributed by atoms with Crippen molar-refractivity contribution in [2.75, 3.05) is 5.32 Å². The molecule has 1 heterocycles. The number of carbonyl (C=O) groups is 3. The number of carbonyl (C=O) groups excluding carboxylic acids is 2. The molecule has 3 rings (SSSR count). The molecule has 0 fully saturated rings. The van der Waals surface area contributed by atoms with E-state index in [0.717, 1.165) is 5.56 Å². The fraction of sp³-hybridized carbons (Fsp3) is 0.250. The SMILES string of the molecule is Cc1noc(-c2ccc(CC(=O)CCC(=O)O)cc2)c1NC(=O)OC(C)c1ccccc1Cl. The van der Waals surface area contributed by atoms with Gasteiger partial charge in [-0.25, -0.2) is 4.79 Å². The molecule has 9 heteroatoms. The lowest BCUT2D eigenvalue weighted by atomic mass is 10.0. The van der Waals surface area contributed by atoms with Crippen molar-refractivity contribution < 1.29 is 28.8 Å². The Balaban J connectivity index is 1.68. The number of amides is 1. The number of nitrogens with one attached hydrogen (secondary N) is 1. The van der Waals surface area contributed by atoms with Gasteiger partial charge in [0.2, 0.25) is 0 Å². The highest BCUT2D eigenvalue weighted by molar-refractivity contribution is 6.31. The van der Waals surface area contributed by atoms with Crippen LogP contribution in [0.4, 0.5) is 10.5 Å². The number of ether oxygens (including phenoxy) is 1. The molecule has 0 bridgehead atoms.